The van der Waals surface area contributed by atoms with E-state index < -0.39 is 7.82 Å². The highest BCUT2D eigenvalue weighted by atomic mass is 31.2. The summed E-state index contributed by atoms with van der Waals surface area (Å²) in [6.07, 6.45) is 12.6. The number of benzene rings is 2. The summed E-state index contributed by atoms with van der Waals surface area (Å²) in [5.74, 6) is 1.23. The zero-order valence-electron chi connectivity index (χ0n) is 19.3. The molecule has 2 aromatic rings. The van der Waals surface area contributed by atoms with Crippen LogP contribution < -0.4 is 18.5 Å². The smallest absolute Gasteiger partial charge is 0.496 e. The number of para-hydroxylation sites is 1. The molecule has 0 spiro atoms. The first kappa shape index (κ1) is 26.1. The summed E-state index contributed by atoms with van der Waals surface area (Å²) >= 11 is 0. The second kappa shape index (κ2) is 14.8. The molecule has 1 N–H and O–H groups in total. The molecule has 7 heteroatoms. The zero-order chi connectivity index (χ0) is 23.1. The van der Waals surface area contributed by atoms with Gasteiger partial charge in [-0.15, -0.1) is 0 Å². The fourth-order valence-electron chi connectivity index (χ4n) is 3.29. The molecule has 0 fully saturated rings. The number of hydrogen-bond acceptors (Lipinski definition) is 5. The fraction of sp³-hybridized carbons (Fsp3) is 0.520. The highest BCUT2D eigenvalue weighted by molar-refractivity contribution is 7.48. The van der Waals surface area contributed by atoms with Crippen LogP contribution in [0.3, 0.4) is 0 Å². The quantitative estimate of drug-likeness (QED) is 0.195. The van der Waals surface area contributed by atoms with Crippen molar-refractivity contribution in [1.82, 2.24) is 0 Å². The second-order valence-corrected chi connectivity index (χ2v) is 9.05. The molecule has 0 bridgehead atoms. The average Bonchev–Trinajstić information content (AvgIpc) is 2.77. The number of hydrogen-bond donors (Lipinski definition) is 1. The molecule has 0 aromatic heterocycles. The third kappa shape index (κ3) is 10.9. The molecule has 0 amide bonds. The molecule has 0 aliphatic rings. The molecule has 1 radical (unpaired) electrons. The molecule has 0 aliphatic carbocycles. The van der Waals surface area contributed by atoms with E-state index in [1.165, 1.54) is 70.6 Å². The van der Waals surface area contributed by atoms with E-state index in [0.717, 1.165) is 12.8 Å². The largest absolute Gasteiger partial charge is 0.584 e. The Labute approximate surface area is 192 Å². The van der Waals surface area contributed by atoms with Gasteiger partial charge in [-0.25, -0.2) is 4.57 Å². The lowest BCUT2D eigenvalue weighted by atomic mass is 10.1. The summed E-state index contributed by atoms with van der Waals surface area (Å²) < 4.78 is 33.7. The molecule has 1 atom stereocenters. The van der Waals surface area contributed by atoms with Gasteiger partial charge < -0.3 is 18.5 Å². The topological polar surface area (TPSA) is 74.2 Å². The van der Waals surface area contributed by atoms with Gasteiger partial charge in [0.05, 0.1) is 13.7 Å². The highest BCUT2D eigenvalue weighted by Gasteiger charge is 2.25. The second-order valence-electron chi connectivity index (χ2n) is 7.75. The standard InChI is InChI=1S/C25H36O6P/c1-3-4-5-6-7-8-9-10-11-15-18-29-24-19-23(28-2)20-25(21-24)31-32(26,27)30-22-16-13-12-14-17-22/h12-14,16,19-21H,3-11,15,18H2,1-2H3,(H,26,27). The average molecular weight is 464 g/mol. The van der Waals surface area contributed by atoms with Crippen molar-refractivity contribution in [2.45, 2.75) is 71.1 Å². The Morgan fingerprint density at radius 1 is 0.844 bits per heavy atom. The van der Waals surface area contributed by atoms with Crippen molar-refractivity contribution in [2.75, 3.05) is 13.7 Å². The van der Waals surface area contributed by atoms with Crippen molar-refractivity contribution in [3.8, 4) is 23.0 Å². The predicted octanol–water partition coefficient (Wildman–Crippen LogP) is 7.35. The molecule has 1 unspecified atom stereocenters. The summed E-state index contributed by atoms with van der Waals surface area (Å²) in [6, 6.07) is 14.0. The van der Waals surface area contributed by atoms with Crippen molar-refractivity contribution in [1.29, 1.82) is 0 Å². The van der Waals surface area contributed by atoms with Crippen molar-refractivity contribution in [2.24, 2.45) is 0 Å². The summed E-state index contributed by atoms with van der Waals surface area (Å²) in [5, 5.41) is 0. The normalized spacial score (nSPS) is 12.7. The molecule has 0 aliphatic heterocycles. The molecule has 32 heavy (non-hydrogen) atoms. The summed E-state index contributed by atoms with van der Waals surface area (Å²) in [6.45, 7) is 2.81. The van der Waals surface area contributed by atoms with Gasteiger partial charge in [0.25, 0.3) is 0 Å². The van der Waals surface area contributed by atoms with Gasteiger partial charge in [0.15, 0.2) is 0 Å². The minimum absolute atomic E-state index is 0.124. The summed E-state index contributed by atoms with van der Waals surface area (Å²) in [5.41, 5.74) is 0. The van der Waals surface area contributed by atoms with Gasteiger partial charge in [-0.2, -0.15) is 0 Å². The third-order valence-corrected chi connectivity index (χ3v) is 5.84. The van der Waals surface area contributed by atoms with Crippen LogP contribution in [0.5, 0.6) is 23.0 Å². The van der Waals surface area contributed by atoms with Crippen LogP contribution in [0.4, 0.5) is 0 Å². The minimum Gasteiger partial charge on any atom is -0.496 e. The van der Waals surface area contributed by atoms with Crippen LogP contribution in [-0.4, -0.2) is 18.6 Å². The van der Waals surface area contributed by atoms with E-state index in [9.17, 15) is 9.46 Å². The maximum absolute atomic E-state index is 12.3. The van der Waals surface area contributed by atoms with Gasteiger partial charge in [0.1, 0.15) is 23.0 Å². The van der Waals surface area contributed by atoms with Gasteiger partial charge in [0, 0.05) is 24.3 Å². The Kier molecular flexibility index (Phi) is 12.1. The van der Waals surface area contributed by atoms with E-state index >= 15 is 0 Å². The van der Waals surface area contributed by atoms with Crippen LogP contribution in [0.25, 0.3) is 0 Å². The van der Waals surface area contributed by atoms with E-state index in [1.807, 2.05) is 0 Å². The van der Waals surface area contributed by atoms with Gasteiger partial charge in [-0.1, -0.05) is 82.9 Å². The molecular weight excluding hydrogens is 427 g/mol. The molecule has 177 valence electrons. The Balaban J connectivity index is 1.74. The van der Waals surface area contributed by atoms with E-state index in [2.05, 4.69) is 13.0 Å². The Hall–Kier alpha value is -2.17. The summed E-state index contributed by atoms with van der Waals surface area (Å²) in [4.78, 5) is 10.1. The van der Waals surface area contributed by atoms with Crippen LogP contribution in [0, 0.1) is 6.07 Å². The number of methoxy groups -OCH3 is 1. The van der Waals surface area contributed by atoms with Gasteiger partial charge >= 0.3 is 7.82 Å². The van der Waals surface area contributed by atoms with Crippen molar-refractivity contribution >= 4 is 7.82 Å². The van der Waals surface area contributed by atoms with E-state index in [-0.39, 0.29) is 11.5 Å². The predicted molar refractivity (Wildman–Crippen MR) is 127 cm³/mol. The Bertz CT molecular complexity index is 811. The fourth-order valence-corrected chi connectivity index (χ4v) is 4.06. The number of unbranched alkanes of at least 4 members (excludes halogenated alkanes) is 9. The van der Waals surface area contributed by atoms with Crippen molar-refractivity contribution in [3.05, 3.63) is 48.5 Å². The first-order valence-electron chi connectivity index (χ1n) is 11.5. The lowest BCUT2D eigenvalue weighted by Gasteiger charge is -2.15. The van der Waals surface area contributed by atoms with Crippen molar-refractivity contribution in [3.63, 3.8) is 0 Å². The molecule has 0 saturated carbocycles. The van der Waals surface area contributed by atoms with Crippen LogP contribution in [-0.2, 0) is 4.57 Å². The van der Waals surface area contributed by atoms with Gasteiger partial charge in [-0.05, 0) is 12.5 Å². The number of phosphoric ester groups is 1. The minimum atomic E-state index is -4.39. The van der Waals surface area contributed by atoms with Gasteiger partial charge in [0.2, 0.25) is 0 Å². The maximum atomic E-state index is 12.3. The van der Waals surface area contributed by atoms with Crippen LogP contribution >= 0.6 is 7.82 Å². The first-order valence-corrected chi connectivity index (χ1v) is 13.0. The van der Waals surface area contributed by atoms with Crippen LogP contribution in [0.2, 0.25) is 0 Å². The molecule has 2 rings (SSSR count). The molecule has 6 nitrogen and oxygen atoms in total. The number of rotatable bonds is 17. The Morgan fingerprint density at radius 3 is 2.09 bits per heavy atom. The number of phosphoric acid groups is 1. The van der Waals surface area contributed by atoms with Crippen LogP contribution in [0.15, 0.2) is 42.5 Å². The zero-order valence-corrected chi connectivity index (χ0v) is 20.1. The molecular formula is C25H36O6P. The van der Waals surface area contributed by atoms with E-state index in [4.69, 9.17) is 18.5 Å². The van der Waals surface area contributed by atoms with Gasteiger partial charge in [-0.3, -0.25) is 4.89 Å². The Morgan fingerprint density at radius 2 is 1.47 bits per heavy atom. The van der Waals surface area contributed by atoms with E-state index in [1.54, 1.807) is 30.3 Å². The highest BCUT2D eigenvalue weighted by Crippen LogP contribution is 2.45. The molecule has 0 saturated heterocycles. The van der Waals surface area contributed by atoms with Crippen molar-refractivity contribution < 1.29 is 28.0 Å². The third-order valence-electron chi connectivity index (χ3n) is 4.97. The lowest BCUT2D eigenvalue weighted by Crippen LogP contribution is -2.02. The first-order chi connectivity index (χ1) is 15.5. The van der Waals surface area contributed by atoms with Crippen LogP contribution in [0.1, 0.15) is 71.1 Å². The van der Waals surface area contributed by atoms with E-state index in [0.29, 0.717) is 18.1 Å². The maximum Gasteiger partial charge on any atom is 0.584 e. The lowest BCUT2D eigenvalue weighted by molar-refractivity contribution is 0.285. The molecule has 0 heterocycles. The summed E-state index contributed by atoms with van der Waals surface area (Å²) in [7, 11) is -2.87. The monoisotopic (exact) mass is 463 g/mol. The molecule has 2 aromatic carbocycles. The number of ether oxygens (including phenoxy) is 2. The SMILES string of the molecule is CCCCCCCCCCCCOc1cc(OC)cc(OP(=O)(O)Oc2[c]cccc2)c1.